The molecule has 0 radical (unpaired) electrons. The van der Waals surface area contributed by atoms with Crippen LogP contribution in [0.4, 0.5) is 22.0 Å². The number of amides is 2. The van der Waals surface area contributed by atoms with Crippen LogP contribution in [0.2, 0.25) is 0 Å². The average Bonchev–Trinajstić information content (AvgIpc) is 3.62. The first-order chi connectivity index (χ1) is 16.6. The fourth-order valence-electron chi connectivity index (χ4n) is 4.46. The lowest BCUT2D eigenvalue weighted by atomic mass is 9.92. The number of carbonyl (C=O) groups is 2. The molecule has 2 aromatic carbocycles. The summed E-state index contributed by atoms with van der Waals surface area (Å²) in [6, 6.07) is 6.50. The molecule has 1 saturated heterocycles. The maximum atomic E-state index is 14.7. The summed E-state index contributed by atoms with van der Waals surface area (Å²) in [5, 5.41) is 8.79. The first-order valence-corrected chi connectivity index (χ1v) is 11.5. The van der Waals surface area contributed by atoms with Gasteiger partial charge >= 0.3 is 6.18 Å². The molecule has 1 heterocycles. The average molecular weight is 495 g/mol. The van der Waals surface area contributed by atoms with Gasteiger partial charge in [-0.3, -0.25) is 9.59 Å². The Hall–Kier alpha value is -3.01. The third-order valence-corrected chi connectivity index (χ3v) is 6.61. The maximum absolute atomic E-state index is 14.7. The molecule has 2 aliphatic rings. The molecule has 2 unspecified atom stereocenters. The third kappa shape index (κ3) is 5.80. The van der Waals surface area contributed by atoms with Gasteiger partial charge in [-0.05, 0) is 62.1 Å². The molecule has 0 spiro atoms. The van der Waals surface area contributed by atoms with Crippen LogP contribution < -0.4 is 16.0 Å². The molecule has 5 nitrogen and oxygen atoms in total. The zero-order chi connectivity index (χ0) is 25.2. The molecule has 0 aromatic heterocycles. The summed E-state index contributed by atoms with van der Waals surface area (Å²) in [6.07, 6.45) is -2.47. The van der Waals surface area contributed by atoms with Gasteiger partial charge in [0.2, 0.25) is 11.8 Å². The van der Waals surface area contributed by atoms with Crippen LogP contribution >= 0.6 is 0 Å². The SMILES string of the molecule is O=C(NC1CCCNC1)C(Cc1ccc(F)cc1)NC(=O)C1(c2ccc(C(F)(F)F)cc2F)CC1. The fraction of sp³-hybridized carbons (Fsp3) is 0.440. The van der Waals surface area contributed by atoms with E-state index in [1.807, 2.05) is 0 Å². The van der Waals surface area contributed by atoms with Crippen LogP contribution in [0.1, 0.15) is 42.4 Å². The molecule has 3 N–H and O–H groups in total. The van der Waals surface area contributed by atoms with E-state index < -0.39 is 46.6 Å². The Labute approximate surface area is 199 Å². The zero-order valence-electron chi connectivity index (χ0n) is 18.9. The van der Waals surface area contributed by atoms with Crippen molar-refractivity contribution in [1.29, 1.82) is 0 Å². The van der Waals surface area contributed by atoms with Crippen molar-refractivity contribution in [2.75, 3.05) is 13.1 Å². The molecule has 35 heavy (non-hydrogen) atoms. The van der Waals surface area contributed by atoms with Gasteiger partial charge in [-0.15, -0.1) is 0 Å². The highest BCUT2D eigenvalue weighted by Crippen LogP contribution is 2.50. The molecule has 2 aromatic rings. The maximum Gasteiger partial charge on any atom is 0.416 e. The molecule has 4 rings (SSSR count). The molecular weight excluding hydrogens is 469 g/mol. The topological polar surface area (TPSA) is 70.2 Å². The van der Waals surface area contributed by atoms with E-state index in [4.69, 9.17) is 0 Å². The van der Waals surface area contributed by atoms with Gasteiger partial charge in [0.1, 0.15) is 17.7 Å². The van der Waals surface area contributed by atoms with Gasteiger partial charge in [0.05, 0.1) is 11.0 Å². The van der Waals surface area contributed by atoms with Gasteiger partial charge in [0, 0.05) is 24.6 Å². The van der Waals surface area contributed by atoms with Crippen LogP contribution in [0.15, 0.2) is 42.5 Å². The molecule has 0 bridgehead atoms. The molecule has 1 aliphatic carbocycles. The Kier molecular flexibility index (Phi) is 7.12. The van der Waals surface area contributed by atoms with Crippen molar-refractivity contribution >= 4 is 11.8 Å². The predicted molar refractivity (Wildman–Crippen MR) is 118 cm³/mol. The predicted octanol–water partition coefficient (Wildman–Crippen LogP) is 3.61. The van der Waals surface area contributed by atoms with Crippen molar-refractivity contribution in [3.05, 3.63) is 70.8 Å². The highest BCUT2D eigenvalue weighted by atomic mass is 19.4. The molecule has 10 heteroatoms. The molecule has 2 atom stereocenters. The number of benzene rings is 2. The van der Waals surface area contributed by atoms with Crippen molar-refractivity contribution < 1.29 is 31.5 Å². The minimum absolute atomic E-state index is 0.0730. The lowest BCUT2D eigenvalue weighted by Crippen LogP contribution is -2.55. The molecule has 2 amide bonds. The Bertz CT molecular complexity index is 1080. The Morgan fingerprint density at radius 3 is 2.37 bits per heavy atom. The molecule has 188 valence electrons. The molecule has 1 aliphatic heterocycles. The largest absolute Gasteiger partial charge is 0.416 e. The number of carbonyl (C=O) groups excluding carboxylic acids is 2. The summed E-state index contributed by atoms with van der Waals surface area (Å²) in [6.45, 7) is 1.44. The second-order valence-electron chi connectivity index (χ2n) is 9.18. The van der Waals surface area contributed by atoms with Gasteiger partial charge in [-0.2, -0.15) is 13.2 Å². The first kappa shape index (κ1) is 25.1. The summed E-state index contributed by atoms with van der Waals surface area (Å²) in [5.41, 5.74) is -1.98. The summed E-state index contributed by atoms with van der Waals surface area (Å²) < 4.78 is 66.8. The van der Waals surface area contributed by atoms with Crippen LogP contribution in [0.5, 0.6) is 0 Å². The standard InChI is InChI=1S/C25H26F5N3O2/c26-17-6-3-15(4-7-17)12-21(22(34)32-18-2-1-11-31-14-18)33-23(35)24(9-10-24)19-8-5-16(13-20(19)27)25(28,29)30/h3-8,13,18,21,31H,1-2,9-12,14H2,(H,32,34)(H,33,35). The van der Waals surface area contributed by atoms with Crippen molar-refractivity contribution in [1.82, 2.24) is 16.0 Å². The van der Waals surface area contributed by atoms with Crippen LogP contribution in [0.3, 0.4) is 0 Å². The number of hydrogen-bond donors (Lipinski definition) is 3. The van der Waals surface area contributed by atoms with E-state index in [-0.39, 0.29) is 30.9 Å². The number of rotatable bonds is 7. The van der Waals surface area contributed by atoms with E-state index in [1.165, 1.54) is 24.3 Å². The normalized spacial score (nSPS) is 20.1. The first-order valence-electron chi connectivity index (χ1n) is 11.5. The zero-order valence-corrected chi connectivity index (χ0v) is 18.9. The van der Waals surface area contributed by atoms with Gasteiger partial charge in [-0.25, -0.2) is 8.78 Å². The van der Waals surface area contributed by atoms with Crippen molar-refractivity contribution in [2.24, 2.45) is 0 Å². The smallest absolute Gasteiger partial charge is 0.350 e. The van der Waals surface area contributed by atoms with E-state index >= 15 is 0 Å². The van der Waals surface area contributed by atoms with E-state index in [1.54, 1.807) is 0 Å². The minimum Gasteiger partial charge on any atom is -0.350 e. The van der Waals surface area contributed by atoms with Gasteiger partial charge < -0.3 is 16.0 Å². The molecule has 2 fully saturated rings. The number of halogens is 5. The monoisotopic (exact) mass is 495 g/mol. The van der Waals surface area contributed by atoms with Gasteiger partial charge in [-0.1, -0.05) is 18.2 Å². The van der Waals surface area contributed by atoms with Crippen LogP contribution in [-0.4, -0.2) is 37.0 Å². The molecular formula is C25H26F5N3O2. The number of alkyl halides is 3. The lowest BCUT2D eigenvalue weighted by Gasteiger charge is -2.28. The second-order valence-corrected chi connectivity index (χ2v) is 9.18. The highest BCUT2D eigenvalue weighted by molar-refractivity contribution is 5.95. The summed E-state index contributed by atoms with van der Waals surface area (Å²) in [5.74, 6) is -2.61. The highest BCUT2D eigenvalue weighted by Gasteiger charge is 2.53. The van der Waals surface area contributed by atoms with Gasteiger partial charge in [0.25, 0.3) is 0 Å². The van der Waals surface area contributed by atoms with E-state index in [2.05, 4.69) is 16.0 Å². The summed E-state index contributed by atoms with van der Waals surface area (Å²) >= 11 is 0. The fourth-order valence-corrected chi connectivity index (χ4v) is 4.46. The number of nitrogens with one attached hydrogen (secondary N) is 3. The van der Waals surface area contributed by atoms with E-state index in [0.717, 1.165) is 31.5 Å². The summed E-state index contributed by atoms with van der Waals surface area (Å²) in [4.78, 5) is 26.4. The Balaban J connectivity index is 1.54. The summed E-state index contributed by atoms with van der Waals surface area (Å²) in [7, 11) is 0. The lowest BCUT2D eigenvalue weighted by molar-refractivity contribution is -0.137. The van der Waals surface area contributed by atoms with Crippen LogP contribution in [0.25, 0.3) is 0 Å². The van der Waals surface area contributed by atoms with Crippen molar-refractivity contribution in [3.8, 4) is 0 Å². The van der Waals surface area contributed by atoms with E-state index in [0.29, 0.717) is 18.2 Å². The Morgan fingerprint density at radius 1 is 1.09 bits per heavy atom. The third-order valence-electron chi connectivity index (χ3n) is 6.61. The van der Waals surface area contributed by atoms with E-state index in [9.17, 15) is 31.5 Å². The Morgan fingerprint density at radius 2 is 1.80 bits per heavy atom. The van der Waals surface area contributed by atoms with Crippen LogP contribution in [0, 0.1) is 11.6 Å². The quantitative estimate of drug-likeness (QED) is 0.514. The number of hydrogen-bond acceptors (Lipinski definition) is 3. The second kappa shape index (κ2) is 9.93. The van der Waals surface area contributed by atoms with Crippen molar-refractivity contribution in [2.45, 2.75) is 55.8 Å². The molecule has 1 saturated carbocycles. The van der Waals surface area contributed by atoms with Gasteiger partial charge in [0.15, 0.2) is 0 Å². The van der Waals surface area contributed by atoms with Crippen LogP contribution in [-0.2, 0) is 27.6 Å². The number of piperidine rings is 1. The van der Waals surface area contributed by atoms with Crippen molar-refractivity contribution in [3.63, 3.8) is 0 Å². The minimum atomic E-state index is -4.70.